The third kappa shape index (κ3) is 4.22. The smallest absolute Gasteiger partial charge is 0.260 e. The molecule has 0 saturated carbocycles. The highest BCUT2D eigenvalue weighted by Crippen LogP contribution is 2.24. The molecule has 1 heterocycles. The van der Waals surface area contributed by atoms with Gasteiger partial charge in [-0.1, -0.05) is 18.2 Å². The topological polar surface area (TPSA) is 63.7 Å². The number of piperidine rings is 1. The van der Waals surface area contributed by atoms with Gasteiger partial charge in [-0.15, -0.1) is 0 Å². The van der Waals surface area contributed by atoms with E-state index in [1.807, 2.05) is 0 Å². The van der Waals surface area contributed by atoms with E-state index in [9.17, 15) is 17.6 Å². The van der Waals surface area contributed by atoms with Crippen LogP contribution in [0.25, 0.3) is 0 Å². The Labute approximate surface area is 152 Å². The normalized spacial score (nSPS) is 15.7. The Bertz CT molecular complexity index is 845. The van der Waals surface area contributed by atoms with Crippen molar-refractivity contribution in [3.8, 4) is 5.75 Å². The number of hydrogen-bond donors (Lipinski definition) is 0. The van der Waals surface area contributed by atoms with Gasteiger partial charge in [0, 0.05) is 13.1 Å². The summed E-state index contributed by atoms with van der Waals surface area (Å²) < 4.78 is 43.5. The Hall–Kier alpha value is -2.41. The van der Waals surface area contributed by atoms with E-state index in [2.05, 4.69) is 0 Å². The molecule has 1 amide bonds. The minimum Gasteiger partial charge on any atom is -0.484 e. The maximum absolute atomic E-state index is 12.9. The van der Waals surface area contributed by atoms with Crippen LogP contribution in [0.5, 0.6) is 5.75 Å². The Balaban J connectivity index is 1.53. The lowest BCUT2D eigenvalue weighted by atomic mass is 10.1. The molecule has 26 heavy (non-hydrogen) atoms. The maximum Gasteiger partial charge on any atom is 0.260 e. The zero-order chi connectivity index (χ0) is 18.6. The van der Waals surface area contributed by atoms with E-state index in [1.165, 1.54) is 24.3 Å². The van der Waals surface area contributed by atoms with Crippen molar-refractivity contribution >= 4 is 15.7 Å². The number of likely N-dealkylation sites (tertiary alicyclic amines) is 1. The van der Waals surface area contributed by atoms with Crippen LogP contribution in [-0.2, 0) is 14.6 Å². The predicted octanol–water partition coefficient (Wildman–Crippen LogP) is 2.67. The number of nitrogens with zero attached hydrogens (tertiary/aromatic N) is 1. The van der Waals surface area contributed by atoms with Crippen molar-refractivity contribution in [2.24, 2.45) is 0 Å². The van der Waals surface area contributed by atoms with Crippen LogP contribution in [0.4, 0.5) is 4.39 Å². The second kappa shape index (κ2) is 7.86. The summed E-state index contributed by atoms with van der Waals surface area (Å²) in [5.74, 6) is -0.156. The van der Waals surface area contributed by atoms with Crippen LogP contribution in [0.3, 0.4) is 0 Å². The second-order valence-electron chi connectivity index (χ2n) is 6.18. The van der Waals surface area contributed by atoms with E-state index < -0.39 is 15.1 Å². The molecule has 0 radical (unpaired) electrons. The van der Waals surface area contributed by atoms with E-state index in [-0.39, 0.29) is 18.3 Å². The van der Waals surface area contributed by atoms with Crippen LogP contribution in [0.1, 0.15) is 12.8 Å². The van der Waals surface area contributed by atoms with E-state index in [0.717, 1.165) is 0 Å². The fourth-order valence-corrected chi connectivity index (χ4v) is 4.74. The molecule has 0 N–H and O–H groups in total. The van der Waals surface area contributed by atoms with Crippen molar-refractivity contribution in [2.75, 3.05) is 19.7 Å². The van der Waals surface area contributed by atoms with Crippen LogP contribution in [-0.4, -0.2) is 44.2 Å². The molecule has 5 nitrogen and oxygen atoms in total. The zero-order valence-electron chi connectivity index (χ0n) is 14.2. The lowest BCUT2D eigenvalue weighted by Gasteiger charge is -2.31. The SMILES string of the molecule is O=C(COc1ccc(F)cc1)N1CCC(S(=O)(=O)c2ccccc2)CC1. The standard InChI is InChI=1S/C19H20FNO4S/c20-15-6-8-16(9-7-15)25-14-19(22)21-12-10-18(11-13-21)26(23,24)17-4-2-1-3-5-17/h1-9,18H,10-14H2. The first-order valence-corrected chi connectivity index (χ1v) is 9.96. The quantitative estimate of drug-likeness (QED) is 0.804. The molecule has 2 aromatic rings. The molecule has 0 aromatic heterocycles. The van der Waals surface area contributed by atoms with E-state index in [0.29, 0.717) is 36.6 Å². The molecule has 0 atom stereocenters. The molecule has 1 aliphatic rings. The Morgan fingerprint density at radius 3 is 2.27 bits per heavy atom. The summed E-state index contributed by atoms with van der Waals surface area (Å²) in [6.07, 6.45) is 0.805. The summed E-state index contributed by atoms with van der Waals surface area (Å²) in [5.41, 5.74) is 0. The number of hydrogen-bond acceptors (Lipinski definition) is 4. The highest BCUT2D eigenvalue weighted by molar-refractivity contribution is 7.92. The molecule has 0 bridgehead atoms. The van der Waals surface area contributed by atoms with Crippen molar-refractivity contribution in [3.05, 3.63) is 60.4 Å². The largest absolute Gasteiger partial charge is 0.484 e. The van der Waals surface area contributed by atoms with Crippen molar-refractivity contribution in [1.82, 2.24) is 4.90 Å². The van der Waals surface area contributed by atoms with Crippen molar-refractivity contribution < 1.29 is 22.3 Å². The molecule has 3 rings (SSSR count). The van der Waals surface area contributed by atoms with Gasteiger partial charge in [-0.05, 0) is 49.2 Å². The van der Waals surface area contributed by atoms with E-state index >= 15 is 0 Å². The lowest BCUT2D eigenvalue weighted by molar-refractivity contribution is -0.134. The number of sulfone groups is 1. The highest BCUT2D eigenvalue weighted by atomic mass is 32.2. The summed E-state index contributed by atoms with van der Waals surface area (Å²) in [5, 5.41) is -0.480. The first-order chi connectivity index (χ1) is 12.5. The number of benzene rings is 2. The monoisotopic (exact) mass is 377 g/mol. The maximum atomic E-state index is 12.9. The van der Waals surface area contributed by atoms with Gasteiger partial charge in [-0.3, -0.25) is 4.79 Å². The van der Waals surface area contributed by atoms with E-state index in [4.69, 9.17) is 4.74 Å². The van der Waals surface area contributed by atoms with Gasteiger partial charge < -0.3 is 9.64 Å². The average Bonchev–Trinajstić information content (AvgIpc) is 2.68. The van der Waals surface area contributed by atoms with Crippen LogP contribution < -0.4 is 4.74 Å². The van der Waals surface area contributed by atoms with Gasteiger partial charge in [0.25, 0.3) is 5.91 Å². The second-order valence-corrected chi connectivity index (χ2v) is 8.41. The Morgan fingerprint density at radius 2 is 1.65 bits per heavy atom. The molecule has 7 heteroatoms. The number of carbonyl (C=O) groups is 1. The third-order valence-corrected chi connectivity index (χ3v) is 6.76. The highest BCUT2D eigenvalue weighted by Gasteiger charge is 2.32. The first-order valence-electron chi connectivity index (χ1n) is 8.42. The summed E-state index contributed by atoms with van der Waals surface area (Å²) in [7, 11) is -3.38. The molecule has 0 aliphatic carbocycles. The summed E-state index contributed by atoms with van der Waals surface area (Å²) in [4.78, 5) is 14.2. The minimum atomic E-state index is -3.38. The lowest BCUT2D eigenvalue weighted by Crippen LogP contribution is -2.44. The van der Waals surface area contributed by atoms with Gasteiger partial charge in [0.2, 0.25) is 0 Å². The Morgan fingerprint density at radius 1 is 1.04 bits per heavy atom. The number of amides is 1. The third-order valence-electron chi connectivity index (χ3n) is 4.48. The molecule has 2 aromatic carbocycles. The number of rotatable bonds is 5. The van der Waals surface area contributed by atoms with Crippen LogP contribution in [0, 0.1) is 5.82 Å². The van der Waals surface area contributed by atoms with Crippen LogP contribution in [0.15, 0.2) is 59.5 Å². The van der Waals surface area contributed by atoms with Gasteiger partial charge in [0.1, 0.15) is 11.6 Å². The van der Waals surface area contributed by atoms with Gasteiger partial charge in [0.15, 0.2) is 16.4 Å². The van der Waals surface area contributed by atoms with Crippen LogP contribution in [0.2, 0.25) is 0 Å². The van der Waals surface area contributed by atoms with Crippen molar-refractivity contribution in [1.29, 1.82) is 0 Å². The minimum absolute atomic E-state index is 0.151. The first kappa shape index (κ1) is 18.4. The van der Waals surface area contributed by atoms with Crippen molar-refractivity contribution in [3.63, 3.8) is 0 Å². The molecular formula is C19H20FNO4S. The zero-order valence-corrected chi connectivity index (χ0v) is 15.0. The molecule has 1 fully saturated rings. The Kier molecular flexibility index (Phi) is 5.56. The fourth-order valence-electron chi connectivity index (χ4n) is 2.99. The molecule has 138 valence electrons. The van der Waals surface area contributed by atoms with Gasteiger partial charge in [-0.2, -0.15) is 0 Å². The average molecular weight is 377 g/mol. The number of carbonyl (C=O) groups excluding carboxylic acids is 1. The number of ether oxygens (including phenoxy) is 1. The van der Waals surface area contributed by atoms with Gasteiger partial charge in [0.05, 0.1) is 10.1 Å². The predicted molar refractivity (Wildman–Crippen MR) is 95.1 cm³/mol. The molecular weight excluding hydrogens is 357 g/mol. The molecule has 1 saturated heterocycles. The van der Waals surface area contributed by atoms with Crippen molar-refractivity contribution in [2.45, 2.75) is 23.0 Å². The fraction of sp³-hybridized carbons (Fsp3) is 0.316. The molecule has 0 spiro atoms. The van der Waals surface area contributed by atoms with Gasteiger partial charge in [-0.25, -0.2) is 12.8 Å². The summed E-state index contributed by atoms with van der Waals surface area (Å²) in [6.45, 7) is 0.604. The number of halogens is 1. The van der Waals surface area contributed by atoms with Crippen LogP contribution >= 0.6 is 0 Å². The molecule has 1 aliphatic heterocycles. The molecule has 0 unspecified atom stereocenters. The summed E-state index contributed by atoms with van der Waals surface area (Å²) in [6, 6.07) is 13.8. The summed E-state index contributed by atoms with van der Waals surface area (Å²) >= 11 is 0. The van der Waals surface area contributed by atoms with E-state index in [1.54, 1.807) is 35.2 Å². The van der Waals surface area contributed by atoms with Gasteiger partial charge >= 0.3 is 0 Å².